The summed E-state index contributed by atoms with van der Waals surface area (Å²) in [4.78, 5) is 30.8. The van der Waals surface area contributed by atoms with Gasteiger partial charge in [0.25, 0.3) is 0 Å². The Morgan fingerprint density at radius 3 is 2.56 bits per heavy atom. The molecule has 3 aliphatic heterocycles. The summed E-state index contributed by atoms with van der Waals surface area (Å²) in [7, 11) is -3.59. The minimum absolute atomic E-state index is 0.0111. The first kappa shape index (κ1) is 22.2. The van der Waals surface area contributed by atoms with Gasteiger partial charge in [0.1, 0.15) is 6.54 Å². The third kappa shape index (κ3) is 4.07. The van der Waals surface area contributed by atoms with Gasteiger partial charge in [0, 0.05) is 30.6 Å². The fourth-order valence-electron chi connectivity index (χ4n) is 5.75. The maximum atomic E-state index is 13.4. The molecule has 2 amide bonds. The van der Waals surface area contributed by atoms with E-state index in [1.165, 1.54) is 40.2 Å². The second-order valence-corrected chi connectivity index (χ2v) is 12.3. The maximum Gasteiger partial charge on any atom is 0.243 e. The summed E-state index contributed by atoms with van der Waals surface area (Å²) in [6.45, 7) is 1.81. The lowest BCUT2D eigenvalue weighted by atomic mass is 9.78. The molecule has 0 bridgehead atoms. The van der Waals surface area contributed by atoms with E-state index in [9.17, 15) is 18.0 Å². The van der Waals surface area contributed by atoms with Gasteiger partial charge >= 0.3 is 0 Å². The minimum atomic E-state index is -3.59. The van der Waals surface area contributed by atoms with Crippen molar-refractivity contribution in [2.75, 3.05) is 36.8 Å². The minimum Gasteiger partial charge on any atom is -0.338 e. The van der Waals surface area contributed by atoms with Crippen LogP contribution in [0.15, 0.2) is 28.0 Å². The van der Waals surface area contributed by atoms with Crippen molar-refractivity contribution in [2.45, 2.75) is 67.2 Å². The Morgan fingerprint density at radius 1 is 1.00 bits per heavy atom. The fourth-order valence-corrected chi connectivity index (χ4v) is 8.21. The Morgan fingerprint density at radius 2 is 1.75 bits per heavy atom. The average molecular weight is 478 g/mol. The molecule has 4 aliphatic rings. The van der Waals surface area contributed by atoms with Crippen LogP contribution in [0.1, 0.15) is 51.4 Å². The monoisotopic (exact) mass is 477 g/mol. The van der Waals surface area contributed by atoms with Crippen LogP contribution in [-0.4, -0.2) is 67.4 Å². The second-order valence-electron chi connectivity index (χ2n) is 9.35. The molecule has 1 saturated carbocycles. The van der Waals surface area contributed by atoms with Crippen molar-refractivity contribution in [3.8, 4) is 0 Å². The normalized spacial score (nSPS) is 26.7. The number of carbonyl (C=O) groups is 2. The molecule has 1 aliphatic carbocycles. The number of fused-ring (bicyclic) bond motifs is 2. The number of sulfonamides is 1. The van der Waals surface area contributed by atoms with E-state index < -0.39 is 10.0 Å². The largest absolute Gasteiger partial charge is 0.338 e. The number of hydrogen-bond acceptors (Lipinski definition) is 5. The van der Waals surface area contributed by atoms with Crippen LogP contribution in [0, 0.1) is 5.92 Å². The molecule has 3 fully saturated rings. The predicted molar refractivity (Wildman–Crippen MR) is 124 cm³/mol. The van der Waals surface area contributed by atoms with Crippen molar-refractivity contribution < 1.29 is 18.0 Å². The Hall–Kier alpha value is -1.58. The van der Waals surface area contributed by atoms with E-state index in [4.69, 9.17) is 0 Å². The summed E-state index contributed by atoms with van der Waals surface area (Å²) in [6.07, 6.45) is 8.59. The number of hydrogen-bond donors (Lipinski definition) is 0. The van der Waals surface area contributed by atoms with Crippen molar-refractivity contribution in [3.63, 3.8) is 0 Å². The fraction of sp³-hybridized carbons (Fsp3) is 0.652. The van der Waals surface area contributed by atoms with Gasteiger partial charge in [0.2, 0.25) is 21.8 Å². The number of anilines is 1. The van der Waals surface area contributed by atoms with Gasteiger partial charge in [-0.05, 0) is 62.6 Å². The molecule has 174 valence electrons. The molecule has 3 heterocycles. The topological polar surface area (TPSA) is 78.0 Å². The molecular weight excluding hydrogens is 446 g/mol. The van der Waals surface area contributed by atoms with Crippen LogP contribution in [0.25, 0.3) is 0 Å². The lowest BCUT2D eigenvalue weighted by Gasteiger charge is -2.44. The van der Waals surface area contributed by atoms with Gasteiger partial charge in [-0.2, -0.15) is 4.31 Å². The quantitative estimate of drug-likeness (QED) is 0.666. The van der Waals surface area contributed by atoms with E-state index in [1.54, 1.807) is 18.2 Å². The summed E-state index contributed by atoms with van der Waals surface area (Å²) in [5.41, 5.74) is 0.553. The second kappa shape index (κ2) is 8.99. The highest BCUT2D eigenvalue weighted by molar-refractivity contribution is 8.00. The number of piperidine rings is 1. The molecule has 32 heavy (non-hydrogen) atoms. The number of benzene rings is 1. The smallest absolute Gasteiger partial charge is 0.243 e. The molecule has 0 unspecified atom stereocenters. The average Bonchev–Trinajstić information content (AvgIpc) is 3.36. The molecule has 1 aromatic carbocycles. The highest BCUT2D eigenvalue weighted by Gasteiger charge is 2.38. The van der Waals surface area contributed by atoms with Crippen molar-refractivity contribution in [1.82, 2.24) is 9.21 Å². The predicted octanol–water partition coefficient (Wildman–Crippen LogP) is 3.09. The third-order valence-corrected chi connectivity index (χ3v) is 10.4. The van der Waals surface area contributed by atoms with Crippen molar-refractivity contribution in [2.24, 2.45) is 5.92 Å². The molecule has 2 saturated heterocycles. The first-order valence-corrected chi connectivity index (χ1v) is 14.2. The van der Waals surface area contributed by atoms with Gasteiger partial charge in [-0.1, -0.05) is 12.8 Å². The van der Waals surface area contributed by atoms with E-state index in [-0.39, 0.29) is 29.0 Å². The Labute approximate surface area is 194 Å². The molecule has 0 radical (unpaired) electrons. The molecule has 0 N–H and O–H groups in total. The zero-order chi connectivity index (χ0) is 22.3. The molecule has 0 aromatic heterocycles. The number of amides is 2. The first-order valence-electron chi connectivity index (χ1n) is 11.8. The number of nitrogens with zero attached hydrogens (tertiary/aromatic N) is 3. The van der Waals surface area contributed by atoms with Crippen LogP contribution in [-0.2, 0) is 19.6 Å². The van der Waals surface area contributed by atoms with Gasteiger partial charge in [0.15, 0.2) is 0 Å². The van der Waals surface area contributed by atoms with Gasteiger partial charge in [0.05, 0.1) is 16.3 Å². The highest BCUT2D eigenvalue weighted by atomic mass is 32.2. The van der Waals surface area contributed by atoms with Gasteiger partial charge in [-0.3, -0.25) is 9.59 Å². The van der Waals surface area contributed by atoms with Gasteiger partial charge in [-0.25, -0.2) is 8.42 Å². The summed E-state index contributed by atoms with van der Waals surface area (Å²) in [6, 6.07) is 5.30. The van der Waals surface area contributed by atoms with Crippen molar-refractivity contribution in [1.29, 1.82) is 0 Å². The standard InChI is InChI=1S/C23H31N3O4S2/c27-22(25-13-5-7-17-6-1-2-8-19(17)25)15-26-20-14-18(9-10-21(20)31-16-23(26)28)32(29,30)24-11-3-4-12-24/h9-10,14,17,19H,1-8,11-13,15-16H2/t17-,19+/m1/s1. The molecule has 1 aromatic rings. The number of likely N-dealkylation sites (tertiary alicyclic amines) is 1. The lowest BCUT2D eigenvalue weighted by Crippen LogP contribution is -2.53. The van der Waals surface area contributed by atoms with Gasteiger partial charge in [-0.15, -0.1) is 11.8 Å². The maximum absolute atomic E-state index is 13.4. The Bertz CT molecular complexity index is 1000. The number of carbonyl (C=O) groups excluding carboxylic acids is 2. The number of rotatable bonds is 4. The van der Waals surface area contributed by atoms with Crippen molar-refractivity contribution in [3.05, 3.63) is 18.2 Å². The van der Waals surface area contributed by atoms with Crippen LogP contribution in [0.3, 0.4) is 0 Å². The molecule has 2 atom stereocenters. The molecule has 9 heteroatoms. The summed E-state index contributed by atoms with van der Waals surface area (Å²) in [5.74, 6) is 0.702. The van der Waals surface area contributed by atoms with Crippen LogP contribution >= 0.6 is 11.8 Å². The van der Waals surface area contributed by atoms with E-state index in [0.717, 1.165) is 43.5 Å². The summed E-state index contributed by atoms with van der Waals surface area (Å²) in [5, 5.41) is 0. The van der Waals surface area contributed by atoms with Crippen LogP contribution in [0.5, 0.6) is 0 Å². The van der Waals surface area contributed by atoms with E-state index in [1.807, 2.05) is 4.90 Å². The highest BCUT2D eigenvalue weighted by Crippen LogP contribution is 2.39. The molecule has 5 rings (SSSR count). The third-order valence-electron chi connectivity index (χ3n) is 7.43. The zero-order valence-electron chi connectivity index (χ0n) is 18.4. The zero-order valence-corrected chi connectivity index (χ0v) is 20.0. The SMILES string of the molecule is O=C1CSc2ccc(S(=O)(=O)N3CCCC3)cc2N1CC(=O)N1CCC[C@H]2CCCC[C@@H]21. The molecular formula is C23H31N3O4S2. The number of thioether (sulfide) groups is 1. The molecule has 0 spiro atoms. The van der Waals surface area contributed by atoms with Crippen LogP contribution in [0.4, 0.5) is 5.69 Å². The Kier molecular flexibility index (Phi) is 6.24. The van der Waals surface area contributed by atoms with Crippen LogP contribution in [0.2, 0.25) is 0 Å². The molecule has 7 nitrogen and oxygen atoms in total. The van der Waals surface area contributed by atoms with Gasteiger partial charge < -0.3 is 9.80 Å². The lowest BCUT2D eigenvalue weighted by molar-refractivity contribution is -0.137. The summed E-state index contributed by atoms with van der Waals surface area (Å²) < 4.78 is 27.7. The first-order chi connectivity index (χ1) is 15.4. The summed E-state index contributed by atoms with van der Waals surface area (Å²) >= 11 is 1.41. The van der Waals surface area contributed by atoms with E-state index in [2.05, 4.69) is 0 Å². The van der Waals surface area contributed by atoms with Crippen LogP contribution < -0.4 is 4.90 Å². The van der Waals surface area contributed by atoms with Crippen molar-refractivity contribution >= 4 is 39.3 Å². The Balaban J connectivity index is 1.40. The van der Waals surface area contributed by atoms with E-state index >= 15 is 0 Å². The van der Waals surface area contributed by atoms with E-state index in [0.29, 0.717) is 30.7 Å².